The molecule has 0 aliphatic heterocycles. The maximum absolute atomic E-state index is 8.59. The van der Waals surface area contributed by atoms with Crippen LogP contribution in [0, 0.1) is 11.3 Å². The summed E-state index contributed by atoms with van der Waals surface area (Å²) in [6.07, 6.45) is 0.734. The van der Waals surface area contributed by atoms with Crippen molar-refractivity contribution in [2.45, 2.75) is 18.9 Å². The van der Waals surface area contributed by atoms with Crippen molar-refractivity contribution in [3.05, 3.63) is 0 Å². The number of nitriles is 1. The summed E-state index contributed by atoms with van der Waals surface area (Å²) < 4.78 is 4.88. The molecule has 0 radical (unpaired) electrons. The molecular weight excluding hydrogens is 172 g/mol. The first kappa shape index (κ1) is 11.8. The average molecular weight is 188 g/mol. The summed E-state index contributed by atoms with van der Waals surface area (Å²) in [6, 6.07) is 2.07. The highest BCUT2D eigenvalue weighted by Gasteiger charge is 2.15. The smallest absolute Gasteiger partial charge is 0.102 e. The van der Waals surface area contributed by atoms with E-state index in [0.29, 0.717) is 0 Å². The predicted octanol–water partition coefficient (Wildman–Crippen LogP) is 0.997. The maximum Gasteiger partial charge on any atom is 0.102 e. The average Bonchev–Trinajstić information content (AvgIpc) is 2.04. The van der Waals surface area contributed by atoms with Gasteiger partial charge in [-0.25, -0.2) is 0 Å². The zero-order chi connectivity index (χ0) is 9.45. The maximum atomic E-state index is 8.59. The van der Waals surface area contributed by atoms with Gasteiger partial charge in [-0.05, 0) is 19.1 Å². The summed E-state index contributed by atoms with van der Waals surface area (Å²) in [5.74, 6) is 1.89. The van der Waals surface area contributed by atoms with Gasteiger partial charge in [0.1, 0.15) is 5.54 Å². The third-order valence-electron chi connectivity index (χ3n) is 1.45. The lowest BCUT2D eigenvalue weighted by Crippen LogP contribution is -2.34. The fourth-order valence-corrected chi connectivity index (χ4v) is 1.64. The molecule has 0 saturated heterocycles. The van der Waals surface area contributed by atoms with E-state index in [-0.39, 0.29) is 0 Å². The molecule has 0 saturated carbocycles. The minimum atomic E-state index is -0.667. The molecular formula is C8H16N2OS. The van der Waals surface area contributed by atoms with Crippen molar-refractivity contribution < 1.29 is 4.74 Å². The Labute approximate surface area is 78.3 Å². The minimum Gasteiger partial charge on any atom is -0.384 e. The summed E-state index contributed by atoms with van der Waals surface area (Å²) in [6.45, 7) is 2.52. The SMILES string of the molecule is COCCSCCC(C)(N)C#N. The Bertz CT molecular complexity index is 154. The van der Waals surface area contributed by atoms with Crippen molar-refractivity contribution in [3.63, 3.8) is 0 Å². The molecule has 0 rings (SSSR count). The fraction of sp³-hybridized carbons (Fsp3) is 0.875. The van der Waals surface area contributed by atoms with Crippen LogP contribution in [-0.2, 0) is 4.74 Å². The minimum absolute atomic E-state index is 0.667. The molecule has 70 valence electrons. The van der Waals surface area contributed by atoms with Crippen LogP contribution in [0.25, 0.3) is 0 Å². The van der Waals surface area contributed by atoms with Crippen LogP contribution >= 0.6 is 11.8 Å². The normalized spacial score (nSPS) is 15.2. The highest BCUT2D eigenvalue weighted by atomic mass is 32.2. The molecule has 0 heterocycles. The van der Waals surface area contributed by atoms with E-state index in [4.69, 9.17) is 15.7 Å². The molecule has 1 unspecified atom stereocenters. The van der Waals surface area contributed by atoms with Gasteiger partial charge in [0, 0.05) is 12.9 Å². The van der Waals surface area contributed by atoms with Crippen LogP contribution in [0.2, 0.25) is 0 Å². The molecule has 0 spiro atoms. The molecule has 0 amide bonds. The second-order valence-electron chi connectivity index (χ2n) is 2.88. The molecule has 12 heavy (non-hydrogen) atoms. The van der Waals surface area contributed by atoms with E-state index < -0.39 is 5.54 Å². The zero-order valence-corrected chi connectivity index (χ0v) is 8.49. The Morgan fingerprint density at radius 2 is 2.25 bits per heavy atom. The number of thioether (sulfide) groups is 1. The van der Waals surface area contributed by atoms with Crippen LogP contribution < -0.4 is 5.73 Å². The third-order valence-corrected chi connectivity index (χ3v) is 2.40. The second kappa shape index (κ2) is 6.30. The number of nitrogens with zero attached hydrogens (tertiary/aromatic N) is 1. The second-order valence-corrected chi connectivity index (χ2v) is 4.11. The lowest BCUT2D eigenvalue weighted by molar-refractivity contribution is 0.218. The monoisotopic (exact) mass is 188 g/mol. The first-order valence-corrected chi connectivity index (χ1v) is 5.04. The van der Waals surface area contributed by atoms with Gasteiger partial charge in [-0.2, -0.15) is 17.0 Å². The van der Waals surface area contributed by atoms with Crippen LogP contribution in [0.1, 0.15) is 13.3 Å². The summed E-state index contributed by atoms with van der Waals surface area (Å²) in [5.41, 5.74) is 4.96. The summed E-state index contributed by atoms with van der Waals surface area (Å²) in [7, 11) is 1.68. The highest BCUT2D eigenvalue weighted by molar-refractivity contribution is 7.99. The van der Waals surface area contributed by atoms with Gasteiger partial charge in [0.25, 0.3) is 0 Å². The first-order valence-electron chi connectivity index (χ1n) is 3.89. The number of hydrogen-bond donors (Lipinski definition) is 1. The van der Waals surface area contributed by atoms with Gasteiger partial charge in [0.2, 0.25) is 0 Å². The van der Waals surface area contributed by atoms with Crippen LogP contribution in [-0.4, -0.2) is 30.8 Å². The molecule has 0 bridgehead atoms. The molecule has 0 aliphatic carbocycles. The van der Waals surface area contributed by atoms with E-state index in [2.05, 4.69) is 6.07 Å². The number of rotatable bonds is 6. The van der Waals surface area contributed by atoms with Gasteiger partial charge in [-0.1, -0.05) is 0 Å². The number of nitrogens with two attached hydrogens (primary N) is 1. The predicted molar refractivity (Wildman–Crippen MR) is 52.0 cm³/mol. The lowest BCUT2D eigenvalue weighted by Gasteiger charge is -2.13. The molecule has 0 aliphatic rings. The fourth-order valence-electron chi connectivity index (χ4n) is 0.584. The van der Waals surface area contributed by atoms with E-state index in [1.165, 1.54) is 0 Å². The van der Waals surface area contributed by atoms with Crippen LogP contribution in [0.5, 0.6) is 0 Å². The zero-order valence-electron chi connectivity index (χ0n) is 7.67. The lowest BCUT2D eigenvalue weighted by atomic mass is 10.0. The van der Waals surface area contributed by atoms with E-state index in [0.717, 1.165) is 24.5 Å². The van der Waals surface area contributed by atoms with Gasteiger partial charge in [-0.3, -0.25) is 0 Å². The number of ether oxygens (including phenoxy) is 1. The van der Waals surface area contributed by atoms with Crippen LogP contribution in [0.4, 0.5) is 0 Å². The van der Waals surface area contributed by atoms with Crippen molar-refractivity contribution in [1.82, 2.24) is 0 Å². The Balaban J connectivity index is 3.27. The third kappa shape index (κ3) is 6.47. The molecule has 0 aromatic carbocycles. The van der Waals surface area contributed by atoms with E-state index in [1.807, 2.05) is 0 Å². The molecule has 0 aromatic rings. The molecule has 2 N–H and O–H groups in total. The quantitative estimate of drug-likeness (QED) is 0.632. The Kier molecular flexibility index (Phi) is 6.17. The van der Waals surface area contributed by atoms with Crippen LogP contribution in [0.15, 0.2) is 0 Å². The first-order chi connectivity index (χ1) is 5.62. The van der Waals surface area contributed by atoms with Gasteiger partial charge in [0.05, 0.1) is 12.7 Å². The van der Waals surface area contributed by atoms with E-state index >= 15 is 0 Å². The summed E-state index contributed by atoms with van der Waals surface area (Å²) >= 11 is 1.76. The largest absolute Gasteiger partial charge is 0.384 e. The topological polar surface area (TPSA) is 59.0 Å². The van der Waals surface area contributed by atoms with E-state index in [1.54, 1.807) is 25.8 Å². The standard InChI is InChI=1S/C8H16N2OS/c1-8(10,7-9)3-5-12-6-4-11-2/h3-6,10H2,1-2H3. The van der Waals surface area contributed by atoms with Crippen molar-refractivity contribution in [3.8, 4) is 6.07 Å². The van der Waals surface area contributed by atoms with Crippen molar-refractivity contribution in [2.24, 2.45) is 5.73 Å². The molecule has 0 aromatic heterocycles. The van der Waals surface area contributed by atoms with Crippen molar-refractivity contribution in [2.75, 3.05) is 25.2 Å². The number of methoxy groups -OCH3 is 1. The number of hydrogen-bond acceptors (Lipinski definition) is 4. The summed E-state index contributed by atoms with van der Waals surface area (Å²) in [4.78, 5) is 0. The highest BCUT2D eigenvalue weighted by Crippen LogP contribution is 2.10. The molecule has 4 heteroatoms. The van der Waals surface area contributed by atoms with Gasteiger partial charge in [0.15, 0.2) is 0 Å². The molecule has 3 nitrogen and oxygen atoms in total. The Hall–Kier alpha value is -0.240. The molecule has 0 fully saturated rings. The van der Waals surface area contributed by atoms with Crippen molar-refractivity contribution >= 4 is 11.8 Å². The van der Waals surface area contributed by atoms with Gasteiger partial charge < -0.3 is 10.5 Å². The van der Waals surface area contributed by atoms with Gasteiger partial charge >= 0.3 is 0 Å². The Morgan fingerprint density at radius 3 is 2.75 bits per heavy atom. The summed E-state index contributed by atoms with van der Waals surface area (Å²) in [5, 5.41) is 8.59. The van der Waals surface area contributed by atoms with Gasteiger partial charge in [-0.15, -0.1) is 0 Å². The van der Waals surface area contributed by atoms with Crippen molar-refractivity contribution in [1.29, 1.82) is 5.26 Å². The van der Waals surface area contributed by atoms with E-state index in [9.17, 15) is 0 Å². The van der Waals surface area contributed by atoms with Crippen LogP contribution in [0.3, 0.4) is 0 Å². The molecule has 1 atom stereocenters. The Morgan fingerprint density at radius 1 is 1.58 bits per heavy atom.